The Labute approximate surface area is 106 Å². The van der Waals surface area contributed by atoms with Crippen LogP contribution in [0.1, 0.15) is 19.4 Å². The Morgan fingerprint density at radius 3 is 2.39 bits per heavy atom. The summed E-state index contributed by atoms with van der Waals surface area (Å²) in [5, 5.41) is 14.0. The maximum Gasteiger partial charge on any atom is 0.320 e. The van der Waals surface area contributed by atoms with Gasteiger partial charge in [-0.25, -0.2) is 0 Å². The van der Waals surface area contributed by atoms with Gasteiger partial charge in [0.25, 0.3) is 0 Å². The molecule has 5 nitrogen and oxygen atoms in total. The number of aryl methyl sites for hydroxylation is 1. The largest absolute Gasteiger partial charge is 0.480 e. The number of aliphatic carboxylic acids is 1. The van der Waals surface area contributed by atoms with E-state index in [1.54, 1.807) is 0 Å². The fraction of sp³-hybridized carbons (Fsp3) is 0.385. The van der Waals surface area contributed by atoms with E-state index in [0.717, 1.165) is 6.42 Å². The number of rotatable bonds is 6. The van der Waals surface area contributed by atoms with Crippen molar-refractivity contribution in [1.82, 2.24) is 5.32 Å². The Morgan fingerprint density at radius 1 is 1.28 bits per heavy atom. The molecule has 0 bridgehead atoms. The second kappa shape index (κ2) is 6.76. The molecule has 1 aromatic carbocycles. The van der Waals surface area contributed by atoms with Crippen LogP contribution in [0.15, 0.2) is 24.3 Å². The number of hydrogen-bond donors (Lipinski definition) is 3. The second-order valence-electron chi connectivity index (χ2n) is 4.04. The number of amides is 1. The Hall–Kier alpha value is -1.88. The molecule has 0 aliphatic rings. The molecule has 1 rings (SSSR count). The van der Waals surface area contributed by atoms with Crippen molar-refractivity contribution in [3.63, 3.8) is 0 Å². The van der Waals surface area contributed by atoms with Crippen LogP contribution in [0.5, 0.6) is 0 Å². The van der Waals surface area contributed by atoms with Gasteiger partial charge in [0.2, 0.25) is 5.91 Å². The highest BCUT2D eigenvalue weighted by molar-refractivity contribution is 5.92. The first-order chi connectivity index (χ1) is 8.52. The summed E-state index contributed by atoms with van der Waals surface area (Å²) in [4.78, 5) is 22.1. The van der Waals surface area contributed by atoms with Gasteiger partial charge in [0.15, 0.2) is 0 Å². The van der Waals surface area contributed by atoms with Gasteiger partial charge in [-0.15, -0.1) is 0 Å². The third kappa shape index (κ3) is 4.55. The van der Waals surface area contributed by atoms with Crippen molar-refractivity contribution < 1.29 is 14.7 Å². The molecule has 0 spiro atoms. The summed E-state index contributed by atoms with van der Waals surface area (Å²) in [5.41, 5.74) is 1.91. The van der Waals surface area contributed by atoms with Crippen LogP contribution < -0.4 is 10.6 Å². The van der Waals surface area contributed by atoms with Gasteiger partial charge >= 0.3 is 5.97 Å². The standard InChI is InChI=1S/C13H18N2O3/c1-3-10-4-6-11(7-5-10)15-12(16)8-14-9(2)13(17)18/h4-7,9,14H,3,8H2,1-2H3,(H,15,16)(H,17,18). The normalized spacial score (nSPS) is 11.9. The van der Waals surface area contributed by atoms with E-state index in [0.29, 0.717) is 5.69 Å². The Morgan fingerprint density at radius 2 is 1.89 bits per heavy atom. The second-order valence-corrected chi connectivity index (χ2v) is 4.04. The van der Waals surface area contributed by atoms with Gasteiger partial charge < -0.3 is 10.4 Å². The van der Waals surface area contributed by atoms with E-state index in [9.17, 15) is 9.59 Å². The van der Waals surface area contributed by atoms with Crippen LogP contribution in [-0.2, 0) is 16.0 Å². The first-order valence-electron chi connectivity index (χ1n) is 5.88. The maximum atomic E-state index is 11.5. The number of benzene rings is 1. The minimum atomic E-state index is -0.977. The van der Waals surface area contributed by atoms with Gasteiger partial charge in [0.05, 0.1) is 6.54 Å². The van der Waals surface area contributed by atoms with E-state index in [1.807, 2.05) is 24.3 Å². The fourth-order valence-corrected chi connectivity index (χ4v) is 1.36. The molecule has 0 saturated heterocycles. The molecule has 1 unspecified atom stereocenters. The number of carbonyl (C=O) groups excluding carboxylic acids is 1. The summed E-state index contributed by atoms with van der Waals surface area (Å²) >= 11 is 0. The van der Waals surface area contributed by atoms with Crippen LogP contribution in [0.25, 0.3) is 0 Å². The van der Waals surface area contributed by atoms with Crippen LogP contribution in [0, 0.1) is 0 Å². The molecule has 0 aliphatic carbocycles. The third-order valence-corrected chi connectivity index (χ3v) is 2.59. The van der Waals surface area contributed by atoms with E-state index < -0.39 is 12.0 Å². The van der Waals surface area contributed by atoms with Crippen molar-refractivity contribution in [3.05, 3.63) is 29.8 Å². The molecule has 0 saturated carbocycles. The van der Waals surface area contributed by atoms with Crippen molar-refractivity contribution in [2.75, 3.05) is 11.9 Å². The highest BCUT2D eigenvalue weighted by Crippen LogP contribution is 2.09. The quantitative estimate of drug-likeness (QED) is 0.710. The van der Waals surface area contributed by atoms with Crippen LogP contribution in [0.2, 0.25) is 0 Å². The number of carboxylic acids is 1. The van der Waals surface area contributed by atoms with Gasteiger partial charge in [-0.1, -0.05) is 19.1 Å². The molecule has 1 aromatic rings. The molecule has 1 atom stereocenters. The van der Waals surface area contributed by atoms with Crippen LogP contribution in [-0.4, -0.2) is 29.6 Å². The molecule has 5 heteroatoms. The monoisotopic (exact) mass is 250 g/mol. The zero-order valence-corrected chi connectivity index (χ0v) is 10.6. The summed E-state index contributed by atoms with van der Waals surface area (Å²) in [6, 6.07) is 6.82. The molecular formula is C13H18N2O3. The predicted octanol–water partition coefficient (Wildman–Crippen LogP) is 1.25. The summed E-state index contributed by atoms with van der Waals surface area (Å²) < 4.78 is 0. The lowest BCUT2D eigenvalue weighted by Crippen LogP contribution is -2.39. The third-order valence-electron chi connectivity index (χ3n) is 2.59. The van der Waals surface area contributed by atoms with E-state index in [-0.39, 0.29) is 12.5 Å². The molecular weight excluding hydrogens is 232 g/mol. The Bertz CT molecular complexity index is 415. The maximum absolute atomic E-state index is 11.5. The topological polar surface area (TPSA) is 78.4 Å². The molecule has 0 heterocycles. The SMILES string of the molecule is CCc1ccc(NC(=O)CNC(C)C(=O)O)cc1. The fourth-order valence-electron chi connectivity index (χ4n) is 1.36. The number of hydrogen-bond acceptors (Lipinski definition) is 3. The van der Waals surface area contributed by atoms with Crippen LogP contribution in [0.3, 0.4) is 0 Å². The summed E-state index contributed by atoms with van der Waals surface area (Å²) in [6.45, 7) is 3.53. The lowest BCUT2D eigenvalue weighted by molar-refractivity contribution is -0.139. The molecule has 0 radical (unpaired) electrons. The number of carbonyl (C=O) groups is 2. The minimum absolute atomic E-state index is 0.0248. The number of anilines is 1. The summed E-state index contributed by atoms with van der Waals surface area (Å²) in [7, 11) is 0. The zero-order valence-electron chi connectivity index (χ0n) is 10.6. The van der Waals surface area contributed by atoms with Gasteiger partial charge in [-0.3, -0.25) is 14.9 Å². The molecule has 0 aliphatic heterocycles. The number of carboxylic acid groups (broad SMARTS) is 1. The smallest absolute Gasteiger partial charge is 0.320 e. The van der Waals surface area contributed by atoms with Crippen molar-refractivity contribution in [1.29, 1.82) is 0 Å². The molecule has 0 fully saturated rings. The Kier molecular flexibility index (Phi) is 5.32. The van der Waals surface area contributed by atoms with Crippen LogP contribution >= 0.6 is 0 Å². The lowest BCUT2D eigenvalue weighted by Gasteiger charge is -2.09. The van der Waals surface area contributed by atoms with E-state index in [4.69, 9.17) is 5.11 Å². The minimum Gasteiger partial charge on any atom is -0.480 e. The zero-order chi connectivity index (χ0) is 13.5. The van der Waals surface area contributed by atoms with Crippen molar-refractivity contribution in [2.45, 2.75) is 26.3 Å². The van der Waals surface area contributed by atoms with E-state index in [2.05, 4.69) is 17.6 Å². The van der Waals surface area contributed by atoms with Gasteiger partial charge in [0.1, 0.15) is 6.04 Å². The van der Waals surface area contributed by atoms with Crippen molar-refractivity contribution in [2.24, 2.45) is 0 Å². The summed E-state index contributed by atoms with van der Waals surface area (Å²) in [6.07, 6.45) is 0.950. The average Bonchev–Trinajstić information content (AvgIpc) is 2.36. The number of nitrogens with one attached hydrogen (secondary N) is 2. The van der Waals surface area contributed by atoms with Crippen molar-refractivity contribution in [3.8, 4) is 0 Å². The average molecular weight is 250 g/mol. The first-order valence-corrected chi connectivity index (χ1v) is 5.88. The molecule has 98 valence electrons. The molecule has 1 amide bonds. The highest BCUT2D eigenvalue weighted by Gasteiger charge is 2.11. The van der Waals surface area contributed by atoms with Gasteiger partial charge in [-0.2, -0.15) is 0 Å². The highest BCUT2D eigenvalue weighted by atomic mass is 16.4. The Balaban J connectivity index is 2.42. The first kappa shape index (κ1) is 14.2. The van der Waals surface area contributed by atoms with Crippen molar-refractivity contribution >= 4 is 17.6 Å². The van der Waals surface area contributed by atoms with Gasteiger partial charge in [0, 0.05) is 5.69 Å². The van der Waals surface area contributed by atoms with Crippen LogP contribution in [0.4, 0.5) is 5.69 Å². The van der Waals surface area contributed by atoms with Gasteiger partial charge in [-0.05, 0) is 31.0 Å². The molecule has 0 aromatic heterocycles. The van der Waals surface area contributed by atoms with E-state index in [1.165, 1.54) is 12.5 Å². The summed E-state index contributed by atoms with van der Waals surface area (Å²) in [5.74, 6) is -1.23. The molecule has 18 heavy (non-hydrogen) atoms. The predicted molar refractivity (Wildman–Crippen MR) is 69.6 cm³/mol. The lowest BCUT2D eigenvalue weighted by atomic mass is 10.1. The molecule has 3 N–H and O–H groups in total. The van der Waals surface area contributed by atoms with E-state index >= 15 is 0 Å².